The smallest absolute Gasteiger partial charge is 0.362 e. The highest BCUT2D eigenvalue weighted by molar-refractivity contribution is 7.85. The lowest BCUT2D eigenvalue weighted by molar-refractivity contribution is -0.120. The maximum absolute atomic E-state index is 12.1. The molecule has 15 heteroatoms. The van der Waals surface area contributed by atoms with Crippen molar-refractivity contribution in [3.8, 4) is 5.75 Å². The van der Waals surface area contributed by atoms with Crippen molar-refractivity contribution in [2.45, 2.75) is 37.0 Å². The number of aromatic hydroxyl groups is 1. The number of nitrogens with zero attached hydrogens (tertiary/aromatic N) is 1. The van der Waals surface area contributed by atoms with E-state index in [-0.39, 0.29) is 12.2 Å². The predicted octanol–water partition coefficient (Wildman–Crippen LogP) is -3.19. The molecule has 5 atom stereocenters. The third-order valence-electron chi connectivity index (χ3n) is 4.80. The molecule has 1 amide bonds. The van der Waals surface area contributed by atoms with Crippen LogP contribution in [0.25, 0.3) is 0 Å². The number of carbonyl (C=O) groups excluding carboxylic acids is 1. The Balaban J connectivity index is 1.57. The maximum atomic E-state index is 12.1. The second-order valence-corrected chi connectivity index (χ2v) is 8.59. The monoisotopic (exact) mass is 486 g/mol. The molecule has 1 fully saturated rings. The van der Waals surface area contributed by atoms with Gasteiger partial charge in [0.05, 0.1) is 12.6 Å². The van der Waals surface area contributed by atoms with Gasteiger partial charge in [-0.25, -0.2) is 9.52 Å². The number of amides is 1. The van der Waals surface area contributed by atoms with E-state index < -0.39 is 64.6 Å². The Bertz CT molecular complexity index is 1210. The van der Waals surface area contributed by atoms with Gasteiger partial charge in [-0.05, 0) is 24.1 Å². The van der Waals surface area contributed by atoms with Gasteiger partial charge in [0.15, 0.2) is 6.23 Å². The van der Waals surface area contributed by atoms with Gasteiger partial charge in [0, 0.05) is 12.3 Å². The van der Waals surface area contributed by atoms with Crippen LogP contribution in [0.5, 0.6) is 5.75 Å². The van der Waals surface area contributed by atoms with Crippen molar-refractivity contribution < 1.29 is 37.5 Å². The van der Waals surface area contributed by atoms with Crippen molar-refractivity contribution in [3.63, 3.8) is 0 Å². The number of ether oxygens (including phenoxy) is 1. The fraction of sp³-hybridized carbons (Fsp3) is 0.389. The summed E-state index contributed by atoms with van der Waals surface area (Å²) in [6.45, 7) is -0.803. The van der Waals surface area contributed by atoms with E-state index in [1.54, 1.807) is 4.72 Å². The van der Waals surface area contributed by atoms with Crippen molar-refractivity contribution >= 4 is 16.2 Å². The molecule has 3 rings (SSSR count). The first-order chi connectivity index (χ1) is 15.5. The lowest BCUT2D eigenvalue weighted by Gasteiger charge is -2.17. The number of carbonyl (C=O) groups is 1. The van der Waals surface area contributed by atoms with Gasteiger partial charge in [-0.2, -0.15) is 8.42 Å². The standard InChI is InChI=1S/C18H22N4O10S/c19-11(7-9-1-3-10(23)4-2-9)16(27)21-33(29,30)31-8-12-14(25)15(26)17(32-12)22-6-5-13(24)20-18(22)28/h1-6,11-12,14-15,17,23,25-26H,7-8,19H2,(H,21,27)(H,20,24,28)/t11-,12+,14+,15+,17+/m0/s1. The Labute approximate surface area is 186 Å². The van der Waals surface area contributed by atoms with E-state index in [9.17, 15) is 38.1 Å². The summed E-state index contributed by atoms with van der Waals surface area (Å²) in [5, 5.41) is 29.5. The van der Waals surface area contributed by atoms with Gasteiger partial charge in [-0.1, -0.05) is 12.1 Å². The molecule has 0 bridgehead atoms. The first-order valence-electron chi connectivity index (χ1n) is 9.54. The molecule has 0 saturated carbocycles. The van der Waals surface area contributed by atoms with E-state index >= 15 is 0 Å². The largest absolute Gasteiger partial charge is 0.508 e. The summed E-state index contributed by atoms with van der Waals surface area (Å²) in [5.74, 6) is -1.05. The van der Waals surface area contributed by atoms with Gasteiger partial charge in [0.25, 0.3) is 11.5 Å². The van der Waals surface area contributed by atoms with E-state index in [1.807, 2.05) is 4.98 Å². The molecule has 1 aliphatic rings. The summed E-state index contributed by atoms with van der Waals surface area (Å²) in [6.07, 6.45) is -5.07. The van der Waals surface area contributed by atoms with Crippen LogP contribution in [0, 0.1) is 0 Å². The second kappa shape index (κ2) is 9.82. The number of phenolic OH excluding ortho intramolecular Hbond substituents is 1. The van der Waals surface area contributed by atoms with Crippen LogP contribution in [-0.2, 0) is 30.4 Å². The van der Waals surface area contributed by atoms with Crippen LogP contribution in [-0.4, -0.2) is 70.2 Å². The summed E-state index contributed by atoms with van der Waals surface area (Å²) in [5.41, 5.74) is 4.69. The Kier molecular flexibility index (Phi) is 7.31. The highest BCUT2D eigenvalue weighted by atomic mass is 32.2. The number of aromatic amines is 1. The molecule has 0 radical (unpaired) electrons. The number of H-pyrrole nitrogens is 1. The SMILES string of the molecule is N[C@@H](Cc1ccc(O)cc1)C(=O)NS(=O)(=O)OC[C@H]1O[C@@H](n2ccc(=O)[nH]c2=O)[C@H](O)[C@@H]1O. The fourth-order valence-electron chi connectivity index (χ4n) is 3.09. The van der Waals surface area contributed by atoms with Gasteiger partial charge in [0.2, 0.25) is 0 Å². The Morgan fingerprint density at radius 3 is 2.52 bits per heavy atom. The number of aliphatic hydroxyl groups excluding tert-OH is 2. The quantitative estimate of drug-likeness (QED) is 0.218. The number of aliphatic hydroxyl groups is 2. The zero-order chi connectivity index (χ0) is 24.3. The van der Waals surface area contributed by atoms with Crippen LogP contribution in [0.2, 0.25) is 0 Å². The topological polar surface area (TPSA) is 223 Å². The molecule has 14 nitrogen and oxygen atoms in total. The van der Waals surface area contributed by atoms with Gasteiger partial charge < -0.3 is 25.8 Å². The van der Waals surface area contributed by atoms with Crippen molar-refractivity contribution in [1.29, 1.82) is 0 Å². The minimum absolute atomic E-state index is 0.0156. The molecule has 1 aromatic heterocycles. The number of hydrogen-bond donors (Lipinski definition) is 6. The number of hydrogen-bond acceptors (Lipinski definition) is 11. The molecule has 33 heavy (non-hydrogen) atoms. The summed E-state index contributed by atoms with van der Waals surface area (Å²) < 4.78 is 36.6. The zero-order valence-corrected chi connectivity index (χ0v) is 17.7. The number of rotatable bonds is 8. The molecule has 0 unspecified atom stereocenters. The van der Waals surface area contributed by atoms with Crippen molar-refractivity contribution in [3.05, 3.63) is 62.9 Å². The molecule has 2 heterocycles. The zero-order valence-electron chi connectivity index (χ0n) is 16.9. The van der Waals surface area contributed by atoms with Gasteiger partial charge in [0.1, 0.15) is 24.1 Å². The van der Waals surface area contributed by atoms with Crippen molar-refractivity contribution in [2.75, 3.05) is 6.61 Å². The third kappa shape index (κ3) is 6.04. The van der Waals surface area contributed by atoms with Crippen LogP contribution in [0.4, 0.5) is 0 Å². The molecular weight excluding hydrogens is 464 g/mol. The minimum Gasteiger partial charge on any atom is -0.508 e. The summed E-state index contributed by atoms with van der Waals surface area (Å²) in [7, 11) is -4.66. The summed E-state index contributed by atoms with van der Waals surface area (Å²) >= 11 is 0. The predicted molar refractivity (Wildman–Crippen MR) is 110 cm³/mol. The molecular formula is C18H22N4O10S. The van der Waals surface area contributed by atoms with Crippen LogP contribution in [0.15, 0.2) is 46.1 Å². The normalized spacial score (nSPS) is 23.8. The number of benzene rings is 1. The molecule has 7 N–H and O–H groups in total. The Morgan fingerprint density at radius 1 is 1.21 bits per heavy atom. The lowest BCUT2D eigenvalue weighted by Crippen LogP contribution is -2.45. The van der Waals surface area contributed by atoms with Gasteiger partial charge in [-0.3, -0.25) is 23.3 Å². The number of nitrogens with one attached hydrogen (secondary N) is 2. The van der Waals surface area contributed by atoms with Crippen LogP contribution in [0.1, 0.15) is 11.8 Å². The highest BCUT2D eigenvalue weighted by Gasteiger charge is 2.44. The number of aromatic nitrogens is 2. The van der Waals surface area contributed by atoms with Crippen molar-refractivity contribution in [1.82, 2.24) is 14.3 Å². The van der Waals surface area contributed by atoms with E-state index in [0.717, 1.165) is 16.8 Å². The molecule has 0 spiro atoms. The molecule has 0 aliphatic carbocycles. The summed E-state index contributed by atoms with van der Waals surface area (Å²) in [4.78, 5) is 37.1. The third-order valence-corrected chi connectivity index (χ3v) is 5.70. The lowest BCUT2D eigenvalue weighted by atomic mass is 10.1. The van der Waals surface area contributed by atoms with E-state index in [4.69, 9.17) is 10.5 Å². The van der Waals surface area contributed by atoms with E-state index in [0.29, 0.717) is 5.56 Å². The maximum Gasteiger partial charge on any atom is 0.362 e. The van der Waals surface area contributed by atoms with Crippen LogP contribution >= 0.6 is 0 Å². The second-order valence-electron chi connectivity index (χ2n) is 7.25. The number of nitrogens with two attached hydrogens (primary N) is 1. The molecule has 180 valence electrons. The summed E-state index contributed by atoms with van der Waals surface area (Å²) in [6, 6.07) is 5.54. The van der Waals surface area contributed by atoms with Gasteiger partial charge >= 0.3 is 16.0 Å². The van der Waals surface area contributed by atoms with E-state index in [1.165, 1.54) is 24.3 Å². The van der Waals surface area contributed by atoms with Crippen molar-refractivity contribution in [2.24, 2.45) is 5.73 Å². The fourth-order valence-corrected chi connectivity index (χ4v) is 3.86. The van der Waals surface area contributed by atoms with Gasteiger partial charge in [-0.15, -0.1) is 0 Å². The minimum atomic E-state index is -4.66. The average Bonchev–Trinajstić information content (AvgIpc) is 3.02. The van der Waals surface area contributed by atoms with Crippen LogP contribution in [0.3, 0.4) is 0 Å². The Hall–Kier alpha value is -3.08. The van der Waals surface area contributed by atoms with E-state index in [2.05, 4.69) is 4.18 Å². The van der Waals surface area contributed by atoms with Crippen LogP contribution < -0.4 is 21.7 Å². The average molecular weight is 486 g/mol. The first-order valence-corrected chi connectivity index (χ1v) is 11.0. The highest BCUT2D eigenvalue weighted by Crippen LogP contribution is 2.28. The molecule has 2 aromatic rings. The molecule has 1 aromatic carbocycles. The number of phenols is 1. The first kappa shape index (κ1) is 24.6. The molecule has 1 aliphatic heterocycles. The molecule has 1 saturated heterocycles. The Morgan fingerprint density at radius 2 is 1.88 bits per heavy atom.